The lowest BCUT2D eigenvalue weighted by molar-refractivity contribution is 0.101. The lowest BCUT2D eigenvalue weighted by Crippen LogP contribution is -1.97. The van der Waals surface area contributed by atoms with Crippen LogP contribution in [0.3, 0.4) is 0 Å². The van der Waals surface area contributed by atoms with E-state index in [0.717, 1.165) is 5.69 Å². The lowest BCUT2D eigenvalue weighted by Gasteiger charge is -2.03. The van der Waals surface area contributed by atoms with Gasteiger partial charge in [-0.15, -0.1) is 0 Å². The smallest absolute Gasteiger partial charge is 0.187 e. The molecule has 2 aromatic carbocycles. The molecule has 0 unspecified atom stereocenters. The van der Waals surface area contributed by atoms with Gasteiger partial charge in [0.1, 0.15) is 5.75 Å². The lowest BCUT2D eigenvalue weighted by atomic mass is 10.1. The molecule has 2 aromatic rings. The van der Waals surface area contributed by atoms with Gasteiger partial charge in [0.25, 0.3) is 0 Å². The van der Waals surface area contributed by atoms with Gasteiger partial charge < -0.3 is 10.1 Å². The molecular weight excluding hydrogens is 278 g/mol. The molecule has 0 saturated heterocycles. The number of ether oxygens (including phenoxy) is 1. The first-order chi connectivity index (χ1) is 10.6. The number of Topliss-reactive ketones (excluding diaryl/α,β-unsaturated/α-hetero) is 1. The fourth-order valence-electron chi connectivity index (χ4n) is 1.89. The third-order valence-electron chi connectivity index (χ3n) is 3.13. The van der Waals surface area contributed by atoms with Crippen molar-refractivity contribution in [1.29, 1.82) is 0 Å². The number of methoxy groups -OCH3 is 1. The molecule has 0 aliphatic heterocycles. The fourth-order valence-corrected chi connectivity index (χ4v) is 1.89. The summed E-state index contributed by atoms with van der Waals surface area (Å²) in [6.45, 7) is 1.52. The van der Waals surface area contributed by atoms with Gasteiger partial charge in [0, 0.05) is 29.1 Å². The minimum Gasteiger partial charge on any atom is -0.497 e. The monoisotopic (exact) mass is 295 g/mol. The highest BCUT2D eigenvalue weighted by molar-refractivity contribution is 6.04. The number of rotatable bonds is 6. The van der Waals surface area contributed by atoms with Gasteiger partial charge in [-0.2, -0.15) is 0 Å². The van der Waals surface area contributed by atoms with Crippen molar-refractivity contribution in [3.63, 3.8) is 0 Å². The number of anilines is 1. The third-order valence-corrected chi connectivity index (χ3v) is 3.13. The zero-order valence-corrected chi connectivity index (χ0v) is 12.5. The van der Waals surface area contributed by atoms with Crippen LogP contribution in [-0.4, -0.2) is 18.7 Å². The van der Waals surface area contributed by atoms with E-state index < -0.39 is 0 Å². The van der Waals surface area contributed by atoms with Gasteiger partial charge >= 0.3 is 0 Å². The SMILES string of the molecule is COc1ccc(C(=O)C=CNc2cccc(C(C)=O)c2)cc1. The van der Waals surface area contributed by atoms with Gasteiger partial charge in [-0.1, -0.05) is 12.1 Å². The van der Waals surface area contributed by atoms with Crippen LogP contribution in [0, 0.1) is 0 Å². The predicted molar refractivity (Wildman–Crippen MR) is 86.5 cm³/mol. The maximum Gasteiger partial charge on any atom is 0.187 e. The number of ketones is 2. The summed E-state index contributed by atoms with van der Waals surface area (Å²) in [4.78, 5) is 23.3. The Bertz CT molecular complexity index is 703. The molecule has 4 heteroatoms. The molecular formula is C18H17NO3. The fraction of sp³-hybridized carbons (Fsp3) is 0.111. The van der Waals surface area contributed by atoms with E-state index >= 15 is 0 Å². The molecule has 112 valence electrons. The first kappa shape index (κ1) is 15.5. The zero-order valence-electron chi connectivity index (χ0n) is 12.5. The summed E-state index contributed by atoms with van der Waals surface area (Å²) in [7, 11) is 1.58. The predicted octanol–water partition coefficient (Wildman–Crippen LogP) is 3.71. The second-order valence-corrected chi connectivity index (χ2v) is 4.71. The van der Waals surface area contributed by atoms with Gasteiger partial charge in [-0.25, -0.2) is 0 Å². The molecule has 0 radical (unpaired) electrons. The molecule has 0 fully saturated rings. The first-order valence-corrected chi connectivity index (χ1v) is 6.82. The van der Waals surface area contributed by atoms with Crippen LogP contribution in [0.5, 0.6) is 5.75 Å². The topological polar surface area (TPSA) is 55.4 Å². The van der Waals surface area contributed by atoms with E-state index in [9.17, 15) is 9.59 Å². The van der Waals surface area contributed by atoms with Gasteiger partial charge in [-0.05, 0) is 43.3 Å². The van der Waals surface area contributed by atoms with Crippen LogP contribution in [0.2, 0.25) is 0 Å². The van der Waals surface area contributed by atoms with Crippen LogP contribution in [0.1, 0.15) is 27.6 Å². The summed E-state index contributed by atoms with van der Waals surface area (Å²) in [6.07, 6.45) is 3.01. The average Bonchev–Trinajstić information content (AvgIpc) is 2.55. The Labute approximate surface area is 129 Å². The second-order valence-electron chi connectivity index (χ2n) is 4.71. The summed E-state index contributed by atoms with van der Waals surface area (Å²) in [5.74, 6) is 0.597. The number of nitrogens with one attached hydrogen (secondary N) is 1. The van der Waals surface area contributed by atoms with Gasteiger partial charge in [0.2, 0.25) is 0 Å². The van der Waals surface area contributed by atoms with E-state index in [-0.39, 0.29) is 11.6 Å². The van der Waals surface area contributed by atoms with Crippen molar-refractivity contribution in [1.82, 2.24) is 0 Å². The summed E-state index contributed by atoms with van der Waals surface area (Å²) in [5, 5.41) is 2.98. The Hall–Kier alpha value is -2.88. The number of hydrogen-bond donors (Lipinski definition) is 1. The van der Waals surface area contributed by atoms with Gasteiger partial charge in [-0.3, -0.25) is 9.59 Å². The summed E-state index contributed by atoms with van der Waals surface area (Å²) < 4.78 is 5.05. The Balaban J connectivity index is 2.00. The maximum absolute atomic E-state index is 12.0. The van der Waals surface area contributed by atoms with Crippen molar-refractivity contribution in [2.45, 2.75) is 6.92 Å². The van der Waals surface area contributed by atoms with Crippen molar-refractivity contribution in [3.8, 4) is 5.75 Å². The molecule has 0 aliphatic carbocycles. The van der Waals surface area contributed by atoms with Crippen molar-refractivity contribution in [2.75, 3.05) is 12.4 Å². The summed E-state index contributed by atoms with van der Waals surface area (Å²) >= 11 is 0. The Morgan fingerprint density at radius 3 is 2.41 bits per heavy atom. The van der Waals surface area contributed by atoms with Crippen LogP contribution in [0.4, 0.5) is 5.69 Å². The Morgan fingerprint density at radius 2 is 1.77 bits per heavy atom. The molecule has 0 saturated carbocycles. The maximum atomic E-state index is 12.0. The van der Waals surface area contributed by atoms with E-state index in [4.69, 9.17) is 4.74 Å². The van der Waals surface area contributed by atoms with E-state index in [1.54, 1.807) is 55.8 Å². The molecule has 0 amide bonds. The molecule has 2 rings (SSSR count). The minimum atomic E-state index is -0.113. The highest BCUT2D eigenvalue weighted by atomic mass is 16.5. The Kier molecular flexibility index (Phi) is 5.09. The van der Waals surface area contributed by atoms with Crippen LogP contribution in [0.25, 0.3) is 0 Å². The second kappa shape index (κ2) is 7.22. The van der Waals surface area contributed by atoms with E-state index in [1.165, 1.54) is 13.0 Å². The number of hydrogen-bond acceptors (Lipinski definition) is 4. The van der Waals surface area contributed by atoms with Crippen LogP contribution >= 0.6 is 0 Å². The molecule has 0 spiro atoms. The molecule has 0 aromatic heterocycles. The molecule has 1 N–H and O–H groups in total. The molecule has 0 atom stereocenters. The normalized spacial score (nSPS) is 10.5. The quantitative estimate of drug-likeness (QED) is 0.652. The van der Waals surface area contributed by atoms with Crippen molar-refractivity contribution < 1.29 is 14.3 Å². The van der Waals surface area contributed by atoms with Crippen LogP contribution in [-0.2, 0) is 0 Å². The molecule has 0 heterocycles. The highest BCUT2D eigenvalue weighted by Crippen LogP contribution is 2.13. The standard InChI is InChI=1S/C18H17NO3/c1-13(20)15-4-3-5-16(12-15)19-11-10-18(21)14-6-8-17(22-2)9-7-14/h3-12,19H,1-2H3. The molecule has 0 bridgehead atoms. The Morgan fingerprint density at radius 1 is 1.05 bits per heavy atom. The number of allylic oxidation sites excluding steroid dienone is 1. The van der Waals surface area contributed by atoms with E-state index in [0.29, 0.717) is 16.9 Å². The zero-order chi connectivity index (χ0) is 15.9. The summed E-state index contributed by atoms with van der Waals surface area (Å²) in [5.41, 5.74) is 1.96. The first-order valence-electron chi connectivity index (χ1n) is 6.82. The largest absolute Gasteiger partial charge is 0.497 e. The number of benzene rings is 2. The van der Waals surface area contributed by atoms with Crippen molar-refractivity contribution in [3.05, 3.63) is 71.9 Å². The summed E-state index contributed by atoms with van der Waals surface area (Å²) in [6, 6.07) is 14.0. The van der Waals surface area contributed by atoms with Crippen molar-refractivity contribution >= 4 is 17.3 Å². The minimum absolute atomic E-state index is 0.00180. The van der Waals surface area contributed by atoms with E-state index in [1.807, 2.05) is 6.07 Å². The van der Waals surface area contributed by atoms with Crippen molar-refractivity contribution in [2.24, 2.45) is 0 Å². The number of carbonyl (C=O) groups excluding carboxylic acids is 2. The number of carbonyl (C=O) groups is 2. The highest BCUT2D eigenvalue weighted by Gasteiger charge is 2.02. The van der Waals surface area contributed by atoms with Crippen LogP contribution < -0.4 is 10.1 Å². The van der Waals surface area contributed by atoms with Crippen LogP contribution in [0.15, 0.2) is 60.8 Å². The van der Waals surface area contributed by atoms with Gasteiger partial charge in [0.15, 0.2) is 11.6 Å². The average molecular weight is 295 g/mol. The molecule has 0 aliphatic rings. The third kappa shape index (κ3) is 4.06. The van der Waals surface area contributed by atoms with E-state index in [2.05, 4.69) is 5.32 Å². The molecule has 22 heavy (non-hydrogen) atoms. The van der Waals surface area contributed by atoms with Gasteiger partial charge in [0.05, 0.1) is 7.11 Å². The molecule has 4 nitrogen and oxygen atoms in total.